The summed E-state index contributed by atoms with van der Waals surface area (Å²) < 4.78 is 12.6. The van der Waals surface area contributed by atoms with Crippen molar-refractivity contribution >= 4 is 45.1 Å². The van der Waals surface area contributed by atoms with Gasteiger partial charge in [-0.2, -0.15) is 0 Å². The smallest absolute Gasteiger partial charge is 0.137 e. The minimum atomic E-state index is 0.0252. The van der Waals surface area contributed by atoms with Crippen LogP contribution in [0.1, 0.15) is 22.6 Å². The van der Waals surface area contributed by atoms with Gasteiger partial charge in [0, 0.05) is 39.5 Å². The predicted molar refractivity (Wildman–Crippen MR) is 150 cm³/mol. The average molecular weight is 478 g/mol. The highest BCUT2D eigenvalue weighted by Crippen LogP contribution is 2.48. The number of anilines is 3. The summed E-state index contributed by atoms with van der Waals surface area (Å²) in [6.45, 7) is 0. The molecule has 2 unspecified atom stereocenters. The van der Waals surface area contributed by atoms with Gasteiger partial charge < -0.3 is 14.1 Å². The van der Waals surface area contributed by atoms with E-state index >= 15 is 0 Å². The van der Waals surface area contributed by atoms with E-state index in [1.807, 2.05) is 18.2 Å². The Morgan fingerprint density at radius 2 is 1.32 bits per heavy atom. The summed E-state index contributed by atoms with van der Waals surface area (Å²) in [5.74, 6) is 1.17. The van der Waals surface area contributed by atoms with Crippen molar-refractivity contribution in [3.8, 4) is 5.75 Å². The number of nitrogens with zero attached hydrogens (tertiary/aromatic N) is 1. The third kappa shape index (κ3) is 3.14. The van der Waals surface area contributed by atoms with Gasteiger partial charge in [0.1, 0.15) is 23.0 Å². The highest BCUT2D eigenvalue weighted by molar-refractivity contribution is 6.06. The first kappa shape index (κ1) is 20.4. The number of fused-ring (bicyclic) bond motifs is 8. The predicted octanol–water partition coefficient (Wildman–Crippen LogP) is 8.98. The van der Waals surface area contributed by atoms with Crippen molar-refractivity contribution in [2.45, 2.75) is 12.0 Å². The van der Waals surface area contributed by atoms with Gasteiger partial charge in [0.25, 0.3) is 0 Å². The topological polar surface area (TPSA) is 25.6 Å². The molecule has 0 amide bonds. The molecule has 0 bridgehead atoms. The van der Waals surface area contributed by atoms with Crippen LogP contribution >= 0.6 is 0 Å². The molecule has 1 aliphatic heterocycles. The average Bonchev–Trinajstić information content (AvgIpc) is 3.52. The summed E-state index contributed by atoms with van der Waals surface area (Å²) in [5.41, 5.74) is 8.86. The molecule has 0 spiro atoms. The molecule has 3 nitrogen and oxygen atoms in total. The van der Waals surface area contributed by atoms with Gasteiger partial charge >= 0.3 is 0 Å². The summed E-state index contributed by atoms with van der Waals surface area (Å²) >= 11 is 0. The normalized spacial score (nSPS) is 17.3. The Bertz CT molecular complexity index is 1830. The Balaban J connectivity index is 1.31. The fourth-order valence-corrected chi connectivity index (χ4v) is 5.93. The lowest BCUT2D eigenvalue weighted by Crippen LogP contribution is -2.21. The van der Waals surface area contributed by atoms with E-state index in [4.69, 9.17) is 9.15 Å². The number of rotatable bonds is 3. The largest absolute Gasteiger partial charge is 0.485 e. The Morgan fingerprint density at radius 1 is 0.568 bits per heavy atom. The summed E-state index contributed by atoms with van der Waals surface area (Å²) in [4.78, 5) is 2.31. The standard InChI is InChI=1S/C34H23NO2/c1-2-8-23(9-3-1)35(25-17-18-27-26-10-4-6-12-30(26)37-33(27)21-25)24-16-14-22-15-19-32-34(29(22)20-24)28-11-5-7-13-31(28)36-32/h1-21,32,34H. The summed E-state index contributed by atoms with van der Waals surface area (Å²) in [6.07, 6.45) is 4.41. The Labute approximate surface area is 214 Å². The molecule has 2 heterocycles. The van der Waals surface area contributed by atoms with Crippen molar-refractivity contribution in [3.63, 3.8) is 0 Å². The number of hydrogen-bond donors (Lipinski definition) is 0. The quantitative estimate of drug-likeness (QED) is 0.254. The molecule has 176 valence electrons. The molecule has 2 atom stereocenters. The van der Waals surface area contributed by atoms with E-state index in [0.717, 1.165) is 44.8 Å². The molecule has 0 saturated heterocycles. The lowest BCUT2D eigenvalue weighted by molar-refractivity contribution is 0.267. The van der Waals surface area contributed by atoms with Gasteiger partial charge in [-0.1, -0.05) is 66.7 Å². The van der Waals surface area contributed by atoms with Gasteiger partial charge in [0.05, 0.1) is 5.92 Å². The Kier molecular flexibility index (Phi) is 4.35. The number of para-hydroxylation sites is 3. The van der Waals surface area contributed by atoms with Crippen molar-refractivity contribution in [2.75, 3.05) is 4.90 Å². The van der Waals surface area contributed by atoms with E-state index in [9.17, 15) is 0 Å². The van der Waals surface area contributed by atoms with Crippen LogP contribution in [0.15, 0.2) is 126 Å². The third-order valence-electron chi connectivity index (χ3n) is 7.61. The number of benzene rings is 5. The molecule has 3 heteroatoms. The zero-order chi connectivity index (χ0) is 24.3. The molecule has 0 fully saturated rings. The summed E-state index contributed by atoms with van der Waals surface area (Å²) in [6, 6.07) is 40.4. The van der Waals surface area contributed by atoms with Crippen molar-refractivity contribution in [3.05, 3.63) is 138 Å². The molecule has 8 rings (SSSR count). The van der Waals surface area contributed by atoms with Crippen LogP contribution in [0.25, 0.3) is 28.0 Å². The van der Waals surface area contributed by atoms with Crippen LogP contribution in [0, 0.1) is 0 Å². The molecule has 6 aromatic rings. The molecule has 1 aromatic heterocycles. The van der Waals surface area contributed by atoms with Gasteiger partial charge in [-0.15, -0.1) is 0 Å². The fraction of sp³-hybridized carbons (Fsp3) is 0.0588. The molecule has 0 saturated carbocycles. The molecule has 2 aliphatic rings. The fourth-order valence-electron chi connectivity index (χ4n) is 5.93. The maximum atomic E-state index is 6.30. The van der Waals surface area contributed by atoms with E-state index < -0.39 is 0 Å². The van der Waals surface area contributed by atoms with Crippen LogP contribution in [0.2, 0.25) is 0 Å². The second-order valence-corrected chi connectivity index (χ2v) is 9.72. The zero-order valence-corrected chi connectivity index (χ0v) is 20.0. The van der Waals surface area contributed by atoms with Crippen LogP contribution < -0.4 is 9.64 Å². The number of ether oxygens (including phenoxy) is 1. The number of furan rings is 1. The lowest BCUT2D eigenvalue weighted by Gasteiger charge is -2.29. The monoisotopic (exact) mass is 477 g/mol. The van der Waals surface area contributed by atoms with Crippen molar-refractivity contribution < 1.29 is 9.15 Å². The van der Waals surface area contributed by atoms with Crippen LogP contribution in [0.5, 0.6) is 5.75 Å². The SMILES string of the molecule is C1=CC2Oc3ccccc3C2c2cc(N(c3ccccc3)c3ccc4c(c3)oc3ccccc34)ccc21. The first-order valence-corrected chi connectivity index (χ1v) is 12.7. The van der Waals surface area contributed by atoms with Gasteiger partial charge in [0.2, 0.25) is 0 Å². The minimum Gasteiger partial charge on any atom is -0.485 e. The maximum Gasteiger partial charge on any atom is 0.137 e. The van der Waals surface area contributed by atoms with Crippen molar-refractivity contribution in [1.82, 2.24) is 0 Å². The van der Waals surface area contributed by atoms with Gasteiger partial charge in [-0.3, -0.25) is 0 Å². The van der Waals surface area contributed by atoms with Crippen LogP contribution in [-0.4, -0.2) is 6.10 Å². The molecular weight excluding hydrogens is 454 g/mol. The van der Waals surface area contributed by atoms with Crippen molar-refractivity contribution in [2.24, 2.45) is 0 Å². The summed E-state index contributed by atoms with van der Waals surface area (Å²) in [7, 11) is 0. The van der Waals surface area contributed by atoms with E-state index in [2.05, 4.69) is 114 Å². The molecule has 1 aliphatic carbocycles. The Hall–Kier alpha value is -4.76. The minimum absolute atomic E-state index is 0.0252. The maximum absolute atomic E-state index is 6.30. The van der Waals surface area contributed by atoms with Gasteiger partial charge in [-0.05, 0) is 65.7 Å². The zero-order valence-electron chi connectivity index (χ0n) is 20.0. The van der Waals surface area contributed by atoms with Crippen LogP contribution in [0.4, 0.5) is 17.1 Å². The summed E-state index contributed by atoms with van der Waals surface area (Å²) in [5, 5.41) is 2.27. The molecular formula is C34H23NO2. The van der Waals surface area contributed by atoms with Crippen LogP contribution in [-0.2, 0) is 0 Å². The Morgan fingerprint density at radius 3 is 2.27 bits per heavy atom. The number of hydrogen-bond acceptors (Lipinski definition) is 3. The molecule has 0 radical (unpaired) electrons. The van der Waals surface area contributed by atoms with E-state index in [0.29, 0.717) is 0 Å². The molecule has 37 heavy (non-hydrogen) atoms. The van der Waals surface area contributed by atoms with Crippen LogP contribution in [0.3, 0.4) is 0 Å². The second kappa shape index (κ2) is 7.87. The third-order valence-corrected chi connectivity index (χ3v) is 7.61. The first-order valence-electron chi connectivity index (χ1n) is 12.7. The molecule has 5 aromatic carbocycles. The van der Waals surface area contributed by atoms with E-state index in [1.54, 1.807) is 0 Å². The highest BCUT2D eigenvalue weighted by Gasteiger charge is 2.37. The van der Waals surface area contributed by atoms with E-state index in [1.165, 1.54) is 16.7 Å². The van der Waals surface area contributed by atoms with Crippen molar-refractivity contribution in [1.29, 1.82) is 0 Å². The van der Waals surface area contributed by atoms with E-state index in [-0.39, 0.29) is 12.0 Å². The molecule has 0 N–H and O–H groups in total. The van der Waals surface area contributed by atoms with Gasteiger partial charge in [0.15, 0.2) is 0 Å². The van der Waals surface area contributed by atoms with Gasteiger partial charge in [-0.25, -0.2) is 0 Å². The second-order valence-electron chi connectivity index (χ2n) is 9.72. The first-order chi connectivity index (χ1) is 18.3. The lowest BCUT2D eigenvalue weighted by atomic mass is 9.81. The highest BCUT2D eigenvalue weighted by atomic mass is 16.5.